The van der Waals surface area contributed by atoms with Crippen molar-refractivity contribution in [2.24, 2.45) is 0 Å². The van der Waals surface area contributed by atoms with Crippen LogP contribution in [0.4, 0.5) is 0 Å². The van der Waals surface area contributed by atoms with Crippen molar-refractivity contribution < 1.29 is 14.4 Å². The number of aromatic nitrogens is 1. The van der Waals surface area contributed by atoms with Gasteiger partial charge in [0.25, 0.3) is 5.91 Å². The van der Waals surface area contributed by atoms with Crippen molar-refractivity contribution >= 4 is 5.91 Å². The van der Waals surface area contributed by atoms with Gasteiger partial charge in [0, 0.05) is 18.8 Å². The fraction of sp³-hybridized carbons (Fsp3) is 0.538. The van der Waals surface area contributed by atoms with Crippen LogP contribution in [0.2, 0.25) is 0 Å². The fourth-order valence-corrected chi connectivity index (χ4v) is 1.71. The number of aryl methyl sites for hydroxylation is 1. The van der Waals surface area contributed by atoms with Gasteiger partial charge in [0.05, 0.1) is 12.7 Å². The van der Waals surface area contributed by atoms with E-state index in [1.54, 1.807) is 13.1 Å². The van der Waals surface area contributed by atoms with E-state index in [2.05, 4.69) is 4.98 Å². The molecule has 1 aromatic rings. The zero-order valence-electron chi connectivity index (χ0n) is 11.0. The highest BCUT2D eigenvalue weighted by atomic mass is 16.7. The van der Waals surface area contributed by atoms with Crippen LogP contribution in [0.3, 0.4) is 0 Å². The summed E-state index contributed by atoms with van der Waals surface area (Å²) in [5.41, 5.74) is 1.37. The fourth-order valence-electron chi connectivity index (χ4n) is 1.71. The molecule has 1 aliphatic rings. The maximum Gasteiger partial charge on any atom is 0.278 e. The van der Waals surface area contributed by atoms with E-state index >= 15 is 0 Å². The lowest BCUT2D eigenvalue weighted by atomic mass is 9.96. The third-order valence-corrected chi connectivity index (χ3v) is 3.17. The average molecular weight is 250 g/mol. The van der Waals surface area contributed by atoms with Gasteiger partial charge >= 0.3 is 0 Å². The van der Waals surface area contributed by atoms with Crippen LogP contribution in [0.1, 0.15) is 35.2 Å². The van der Waals surface area contributed by atoms with Gasteiger partial charge in [0.1, 0.15) is 6.10 Å². The Morgan fingerprint density at radius 3 is 2.72 bits per heavy atom. The van der Waals surface area contributed by atoms with Crippen molar-refractivity contribution in [1.82, 2.24) is 10.0 Å². The maximum atomic E-state index is 11.8. The number of amides is 1. The van der Waals surface area contributed by atoms with E-state index in [-0.39, 0.29) is 5.91 Å². The molecule has 0 unspecified atom stereocenters. The number of rotatable bonds is 4. The molecule has 1 amide bonds. The summed E-state index contributed by atoms with van der Waals surface area (Å²) >= 11 is 0. The molecule has 5 nitrogen and oxygen atoms in total. The molecule has 1 heterocycles. The molecule has 0 bridgehead atoms. The van der Waals surface area contributed by atoms with Gasteiger partial charge in [0.2, 0.25) is 5.88 Å². The smallest absolute Gasteiger partial charge is 0.278 e. The third-order valence-electron chi connectivity index (χ3n) is 3.17. The summed E-state index contributed by atoms with van der Waals surface area (Å²) in [6.07, 6.45) is 5.22. The molecule has 0 atom stereocenters. The van der Waals surface area contributed by atoms with Gasteiger partial charge in [-0.2, -0.15) is 0 Å². The maximum absolute atomic E-state index is 11.8. The first kappa shape index (κ1) is 12.8. The number of carbonyl (C=O) groups excluding carboxylic acids is 1. The minimum atomic E-state index is -0.219. The van der Waals surface area contributed by atoms with Crippen molar-refractivity contribution in [3.8, 4) is 5.88 Å². The van der Waals surface area contributed by atoms with Crippen LogP contribution in [0.5, 0.6) is 5.88 Å². The number of hydrogen-bond donors (Lipinski definition) is 0. The third kappa shape index (κ3) is 2.61. The molecule has 1 fully saturated rings. The molecule has 1 aliphatic carbocycles. The Hall–Kier alpha value is -1.62. The Bertz CT molecular complexity index is 444. The molecule has 0 radical (unpaired) electrons. The van der Waals surface area contributed by atoms with E-state index in [1.807, 2.05) is 6.92 Å². The Kier molecular flexibility index (Phi) is 3.81. The highest BCUT2D eigenvalue weighted by Gasteiger charge is 2.21. The Labute approximate surface area is 107 Å². The summed E-state index contributed by atoms with van der Waals surface area (Å²) in [7, 11) is 3.02. The normalized spacial score (nSPS) is 15.1. The topological polar surface area (TPSA) is 51.7 Å². The van der Waals surface area contributed by atoms with E-state index in [0.29, 0.717) is 17.5 Å². The molecule has 0 N–H and O–H groups in total. The van der Waals surface area contributed by atoms with E-state index < -0.39 is 0 Å². The van der Waals surface area contributed by atoms with Crippen molar-refractivity contribution in [2.45, 2.75) is 32.3 Å². The minimum Gasteiger partial charge on any atom is -0.474 e. The average Bonchev–Trinajstić information content (AvgIpc) is 2.33. The molecule has 1 saturated carbocycles. The zero-order chi connectivity index (χ0) is 13.1. The standard InChI is InChI=1S/C13H18N2O3/c1-9-7-10(13(16)15(2)17-3)8-14-12(9)18-11-5-4-6-11/h7-8,11H,4-6H2,1-3H3. The molecule has 0 aromatic carbocycles. The highest BCUT2D eigenvalue weighted by molar-refractivity contribution is 5.93. The van der Waals surface area contributed by atoms with Gasteiger partial charge in [-0.15, -0.1) is 0 Å². The second-order valence-corrected chi connectivity index (χ2v) is 4.50. The van der Waals surface area contributed by atoms with Crippen LogP contribution in [-0.2, 0) is 4.84 Å². The number of nitrogens with zero attached hydrogens (tertiary/aromatic N) is 2. The van der Waals surface area contributed by atoms with E-state index in [0.717, 1.165) is 18.4 Å². The first-order valence-corrected chi connectivity index (χ1v) is 6.07. The number of hydroxylamine groups is 2. The van der Waals surface area contributed by atoms with Crippen LogP contribution in [-0.4, -0.2) is 36.2 Å². The second-order valence-electron chi connectivity index (χ2n) is 4.50. The summed E-state index contributed by atoms with van der Waals surface area (Å²) in [5, 5.41) is 1.17. The molecule has 0 aliphatic heterocycles. The molecule has 1 aromatic heterocycles. The van der Waals surface area contributed by atoms with Crippen LogP contribution >= 0.6 is 0 Å². The highest BCUT2D eigenvalue weighted by Crippen LogP contribution is 2.26. The van der Waals surface area contributed by atoms with Gasteiger partial charge in [-0.3, -0.25) is 9.63 Å². The van der Waals surface area contributed by atoms with Crippen molar-refractivity contribution in [3.63, 3.8) is 0 Å². The van der Waals surface area contributed by atoms with Gasteiger partial charge in [-0.05, 0) is 32.3 Å². The Morgan fingerprint density at radius 2 is 2.22 bits per heavy atom. The number of carbonyl (C=O) groups is 1. The van der Waals surface area contributed by atoms with Crippen molar-refractivity contribution in [3.05, 3.63) is 23.4 Å². The second kappa shape index (κ2) is 5.35. The lowest BCUT2D eigenvalue weighted by Gasteiger charge is -2.26. The Balaban J connectivity index is 2.11. The minimum absolute atomic E-state index is 0.219. The zero-order valence-corrected chi connectivity index (χ0v) is 11.0. The summed E-state index contributed by atoms with van der Waals surface area (Å²) < 4.78 is 5.74. The summed E-state index contributed by atoms with van der Waals surface area (Å²) in [5.74, 6) is 0.402. The van der Waals surface area contributed by atoms with Crippen LogP contribution in [0, 0.1) is 6.92 Å². The molecule has 0 saturated heterocycles. The van der Waals surface area contributed by atoms with E-state index in [4.69, 9.17) is 9.57 Å². The van der Waals surface area contributed by atoms with Crippen LogP contribution < -0.4 is 4.74 Å². The first-order valence-electron chi connectivity index (χ1n) is 6.07. The van der Waals surface area contributed by atoms with Gasteiger partial charge in [-0.1, -0.05) is 0 Å². The molecular weight excluding hydrogens is 232 g/mol. The predicted octanol–water partition coefficient (Wildman–Crippen LogP) is 1.95. The molecular formula is C13H18N2O3. The number of ether oxygens (including phenoxy) is 1. The number of hydrogen-bond acceptors (Lipinski definition) is 4. The summed E-state index contributed by atoms with van der Waals surface area (Å²) in [6, 6.07) is 1.78. The van der Waals surface area contributed by atoms with Gasteiger partial charge in [-0.25, -0.2) is 10.0 Å². The molecule has 18 heavy (non-hydrogen) atoms. The molecule has 5 heteroatoms. The lowest BCUT2D eigenvalue weighted by molar-refractivity contribution is -0.0757. The molecule has 2 rings (SSSR count). The van der Waals surface area contributed by atoms with Crippen LogP contribution in [0.25, 0.3) is 0 Å². The molecule has 0 spiro atoms. The van der Waals surface area contributed by atoms with Crippen molar-refractivity contribution in [1.29, 1.82) is 0 Å². The van der Waals surface area contributed by atoms with E-state index in [9.17, 15) is 4.79 Å². The van der Waals surface area contributed by atoms with Gasteiger partial charge < -0.3 is 4.74 Å². The monoisotopic (exact) mass is 250 g/mol. The van der Waals surface area contributed by atoms with Crippen molar-refractivity contribution in [2.75, 3.05) is 14.2 Å². The largest absolute Gasteiger partial charge is 0.474 e. The Morgan fingerprint density at radius 1 is 1.50 bits per heavy atom. The predicted molar refractivity (Wildman–Crippen MR) is 66.3 cm³/mol. The summed E-state index contributed by atoms with van der Waals surface area (Å²) in [6.45, 7) is 1.89. The number of pyridine rings is 1. The first-order chi connectivity index (χ1) is 8.61. The quantitative estimate of drug-likeness (QED) is 0.766. The molecule has 98 valence electrons. The SMILES string of the molecule is CON(C)C(=O)c1cnc(OC2CCC2)c(C)c1. The summed E-state index contributed by atoms with van der Waals surface area (Å²) in [4.78, 5) is 20.9. The van der Waals surface area contributed by atoms with Crippen LogP contribution in [0.15, 0.2) is 12.3 Å². The lowest BCUT2D eigenvalue weighted by Crippen LogP contribution is -2.27. The van der Waals surface area contributed by atoms with E-state index in [1.165, 1.54) is 24.8 Å². The van der Waals surface area contributed by atoms with Gasteiger partial charge in [0.15, 0.2) is 0 Å².